The van der Waals surface area contributed by atoms with E-state index in [2.05, 4.69) is 10.6 Å². The molecule has 19 heavy (non-hydrogen) atoms. The number of rotatable bonds is 5. The zero-order valence-electron chi connectivity index (χ0n) is 10.8. The van der Waals surface area contributed by atoms with Gasteiger partial charge in [0.25, 0.3) is 5.69 Å². The predicted molar refractivity (Wildman–Crippen MR) is 71.5 cm³/mol. The largest absolute Gasteiger partial charge is 0.494 e. The van der Waals surface area contributed by atoms with Crippen LogP contribution < -0.4 is 15.4 Å². The van der Waals surface area contributed by atoms with E-state index in [0.29, 0.717) is 30.2 Å². The van der Waals surface area contributed by atoms with Gasteiger partial charge in [0.15, 0.2) is 0 Å². The summed E-state index contributed by atoms with van der Waals surface area (Å²) in [5.41, 5.74) is 0.842. The summed E-state index contributed by atoms with van der Waals surface area (Å²) >= 11 is 0. The maximum absolute atomic E-state index is 10.9. The Labute approximate surface area is 111 Å². The Hall–Kier alpha value is -1.82. The highest BCUT2D eigenvalue weighted by Gasteiger charge is 2.52. The lowest BCUT2D eigenvalue weighted by molar-refractivity contribution is -0.384. The molecule has 3 rings (SSSR count). The van der Waals surface area contributed by atoms with E-state index < -0.39 is 0 Å². The number of nitrogens with one attached hydrogen (secondary N) is 2. The molecule has 1 aromatic carbocycles. The summed E-state index contributed by atoms with van der Waals surface area (Å²) in [7, 11) is 0. The number of nitro benzene ring substituents is 1. The van der Waals surface area contributed by atoms with E-state index in [9.17, 15) is 10.1 Å². The van der Waals surface area contributed by atoms with Crippen molar-refractivity contribution < 1.29 is 9.66 Å². The number of anilines is 1. The topological polar surface area (TPSA) is 76.4 Å². The maximum atomic E-state index is 10.9. The monoisotopic (exact) mass is 263 g/mol. The molecular weight excluding hydrogens is 246 g/mol. The van der Waals surface area contributed by atoms with Gasteiger partial charge in [-0.1, -0.05) is 0 Å². The normalized spacial score (nSPS) is 27.7. The minimum absolute atomic E-state index is 0.0670. The van der Waals surface area contributed by atoms with E-state index >= 15 is 0 Å². The number of non-ortho nitro benzene ring substituents is 1. The van der Waals surface area contributed by atoms with Crippen LogP contribution in [0.15, 0.2) is 18.2 Å². The lowest BCUT2D eigenvalue weighted by atomic mass is 10.2. The van der Waals surface area contributed by atoms with Gasteiger partial charge in [-0.15, -0.1) is 0 Å². The average molecular weight is 263 g/mol. The number of piperidine rings is 1. The zero-order chi connectivity index (χ0) is 13.4. The third-order valence-electron chi connectivity index (χ3n) is 3.84. The summed E-state index contributed by atoms with van der Waals surface area (Å²) < 4.78 is 5.38. The molecule has 0 aromatic heterocycles. The van der Waals surface area contributed by atoms with Gasteiger partial charge >= 0.3 is 0 Å². The second-order valence-corrected chi connectivity index (χ2v) is 5.06. The zero-order valence-corrected chi connectivity index (χ0v) is 10.8. The molecule has 0 spiro atoms. The number of benzene rings is 1. The molecule has 6 heteroatoms. The third kappa shape index (κ3) is 2.35. The highest BCUT2D eigenvalue weighted by atomic mass is 16.6. The number of nitrogens with zero attached hydrogens (tertiary/aromatic N) is 1. The van der Waals surface area contributed by atoms with E-state index in [1.807, 2.05) is 13.0 Å². The van der Waals surface area contributed by atoms with Crippen molar-refractivity contribution in [2.45, 2.75) is 13.0 Å². The van der Waals surface area contributed by atoms with Crippen molar-refractivity contribution in [3.63, 3.8) is 0 Å². The summed E-state index contributed by atoms with van der Waals surface area (Å²) in [4.78, 5) is 10.5. The maximum Gasteiger partial charge on any atom is 0.275 e. The minimum Gasteiger partial charge on any atom is -0.494 e. The third-order valence-corrected chi connectivity index (χ3v) is 3.84. The number of hydrogen-bond acceptors (Lipinski definition) is 5. The van der Waals surface area contributed by atoms with E-state index in [1.165, 1.54) is 6.07 Å². The van der Waals surface area contributed by atoms with Crippen LogP contribution in [-0.4, -0.2) is 30.7 Å². The molecule has 2 atom stereocenters. The van der Waals surface area contributed by atoms with Crippen molar-refractivity contribution in [3.05, 3.63) is 28.3 Å². The van der Waals surface area contributed by atoms with Gasteiger partial charge in [-0.05, 0) is 18.8 Å². The Balaban J connectivity index is 1.77. The van der Waals surface area contributed by atoms with Gasteiger partial charge in [0.1, 0.15) is 5.75 Å². The Kier molecular flexibility index (Phi) is 3.02. The van der Waals surface area contributed by atoms with E-state index in [0.717, 1.165) is 18.8 Å². The summed E-state index contributed by atoms with van der Waals surface area (Å²) in [6, 6.07) is 5.31. The van der Waals surface area contributed by atoms with Gasteiger partial charge in [-0.2, -0.15) is 0 Å². The van der Waals surface area contributed by atoms with Crippen molar-refractivity contribution in [2.24, 2.45) is 11.8 Å². The van der Waals surface area contributed by atoms with Crippen LogP contribution in [0.25, 0.3) is 0 Å². The fraction of sp³-hybridized carbons (Fsp3) is 0.538. The molecule has 0 radical (unpaired) electrons. The lowest BCUT2D eigenvalue weighted by Crippen LogP contribution is -2.21. The summed E-state index contributed by atoms with van der Waals surface area (Å²) in [5, 5.41) is 17.6. The Morgan fingerprint density at radius 2 is 2.16 bits per heavy atom. The standard InChI is InChI=1S/C13H17N3O3/c1-2-19-10-4-8(3-9(5-10)16(17)18)15-13-11-6-14-7-12(11)13/h3-5,11-15H,2,6-7H2,1H3. The number of fused-ring (bicyclic) bond motifs is 1. The van der Waals surface area contributed by atoms with Crippen molar-refractivity contribution in [3.8, 4) is 5.75 Å². The minimum atomic E-state index is -0.386. The molecule has 0 amide bonds. The molecule has 2 N–H and O–H groups in total. The highest BCUT2D eigenvalue weighted by molar-refractivity contribution is 5.57. The fourth-order valence-corrected chi connectivity index (χ4v) is 2.85. The van der Waals surface area contributed by atoms with Crippen LogP contribution in [0.1, 0.15) is 6.92 Å². The first-order valence-electron chi connectivity index (χ1n) is 6.58. The second kappa shape index (κ2) is 4.70. The molecule has 2 fully saturated rings. The van der Waals surface area contributed by atoms with Crippen LogP contribution >= 0.6 is 0 Å². The van der Waals surface area contributed by atoms with Crippen LogP contribution in [0.2, 0.25) is 0 Å². The molecular formula is C13H17N3O3. The molecule has 1 aliphatic heterocycles. The SMILES string of the molecule is CCOc1cc(NC2C3CNCC32)cc([N+](=O)[O-])c1. The predicted octanol–water partition coefficient (Wildman–Crippen LogP) is 1.62. The molecule has 0 bridgehead atoms. The molecule has 1 aliphatic carbocycles. The van der Waals surface area contributed by atoms with E-state index in [1.54, 1.807) is 6.07 Å². The van der Waals surface area contributed by atoms with E-state index in [-0.39, 0.29) is 10.6 Å². The van der Waals surface area contributed by atoms with Gasteiger partial charge in [0.05, 0.1) is 17.6 Å². The van der Waals surface area contributed by atoms with Crippen LogP contribution in [0, 0.1) is 22.0 Å². The highest BCUT2D eigenvalue weighted by Crippen LogP contribution is 2.44. The van der Waals surface area contributed by atoms with Crippen LogP contribution in [0.5, 0.6) is 5.75 Å². The van der Waals surface area contributed by atoms with Crippen LogP contribution in [0.3, 0.4) is 0 Å². The van der Waals surface area contributed by atoms with Gasteiger partial charge in [-0.25, -0.2) is 0 Å². The van der Waals surface area contributed by atoms with Crippen molar-refractivity contribution >= 4 is 11.4 Å². The lowest BCUT2D eigenvalue weighted by Gasteiger charge is -2.11. The smallest absolute Gasteiger partial charge is 0.275 e. The number of hydrogen-bond donors (Lipinski definition) is 2. The molecule has 2 unspecified atom stereocenters. The van der Waals surface area contributed by atoms with Crippen molar-refractivity contribution in [1.29, 1.82) is 0 Å². The van der Waals surface area contributed by atoms with Crippen LogP contribution in [0.4, 0.5) is 11.4 Å². The molecule has 1 saturated carbocycles. The number of nitro groups is 1. The first kappa shape index (κ1) is 12.2. The second-order valence-electron chi connectivity index (χ2n) is 5.06. The Bertz CT molecular complexity index is 496. The quantitative estimate of drug-likeness (QED) is 0.623. The van der Waals surface area contributed by atoms with Crippen molar-refractivity contribution in [2.75, 3.05) is 25.0 Å². The molecule has 1 heterocycles. The summed E-state index contributed by atoms with van der Waals surface area (Å²) in [6.45, 7) is 4.44. The molecule has 1 aromatic rings. The Morgan fingerprint density at radius 1 is 1.42 bits per heavy atom. The first-order chi connectivity index (χ1) is 9.19. The molecule has 102 valence electrons. The molecule has 1 saturated heterocycles. The average Bonchev–Trinajstić information content (AvgIpc) is 2.83. The van der Waals surface area contributed by atoms with Gasteiger partial charge in [-0.3, -0.25) is 10.1 Å². The Morgan fingerprint density at radius 3 is 2.79 bits per heavy atom. The van der Waals surface area contributed by atoms with E-state index in [4.69, 9.17) is 4.74 Å². The van der Waals surface area contributed by atoms with Gasteiger partial charge in [0, 0.05) is 37.0 Å². The first-order valence-corrected chi connectivity index (χ1v) is 6.58. The summed E-state index contributed by atoms with van der Waals surface area (Å²) in [5.74, 6) is 1.87. The van der Waals surface area contributed by atoms with Gasteiger partial charge < -0.3 is 15.4 Å². The van der Waals surface area contributed by atoms with Crippen molar-refractivity contribution in [1.82, 2.24) is 5.32 Å². The summed E-state index contributed by atoms with van der Waals surface area (Å²) in [6.07, 6.45) is 0. The molecule has 2 aliphatic rings. The van der Waals surface area contributed by atoms with Gasteiger partial charge in [0.2, 0.25) is 0 Å². The number of ether oxygens (including phenoxy) is 1. The fourth-order valence-electron chi connectivity index (χ4n) is 2.85. The molecule has 6 nitrogen and oxygen atoms in total. The van der Waals surface area contributed by atoms with Crippen LogP contribution in [-0.2, 0) is 0 Å².